The molecule has 2 aromatic rings. The Morgan fingerprint density at radius 3 is 3.00 bits per heavy atom. The average molecular weight is 236 g/mol. The minimum atomic E-state index is 0.750. The van der Waals surface area contributed by atoms with Gasteiger partial charge >= 0.3 is 0 Å². The number of hydrogen-bond donors (Lipinski definition) is 0. The van der Waals surface area contributed by atoms with Crippen LogP contribution in [0.5, 0.6) is 0 Å². The largest absolute Gasteiger partial charge is 0.245 e. The van der Waals surface area contributed by atoms with Gasteiger partial charge in [0.05, 0.1) is 5.52 Å². The highest BCUT2D eigenvalue weighted by atomic mass is 35.5. The van der Waals surface area contributed by atoms with Gasteiger partial charge in [-0.05, 0) is 30.5 Å². The molecule has 0 N–H and O–H groups in total. The van der Waals surface area contributed by atoms with Crippen LogP contribution in [0.3, 0.4) is 0 Å². The molecular formula is C12H14ClN3. The monoisotopic (exact) mass is 235 g/mol. The van der Waals surface area contributed by atoms with Crippen LogP contribution < -0.4 is 0 Å². The fourth-order valence-electron chi connectivity index (χ4n) is 2.19. The minimum absolute atomic E-state index is 0.750. The summed E-state index contributed by atoms with van der Waals surface area (Å²) >= 11 is 5.98. The van der Waals surface area contributed by atoms with Gasteiger partial charge in [-0.15, -0.1) is 5.10 Å². The van der Waals surface area contributed by atoms with Crippen LogP contribution in [0.4, 0.5) is 0 Å². The van der Waals surface area contributed by atoms with Gasteiger partial charge < -0.3 is 0 Å². The summed E-state index contributed by atoms with van der Waals surface area (Å²) in [5.41, 5.74) is 1.98. The zero-order chi connectivity index (χ0) is 11.0. The average Bonchev–Trinajstić information content (AvgIpc) is 2.59. The van der Waals surface area contributed by atoms with Crippen LogP contribution in [0, 0.1) is 5.92 Å². The number of rotatable bonds is 3. The van der Waals surface area contributed by atoms with E-state index >= 15 is 0 Å². The van der Waals surface area contributed by atoms with Crippen LogP contribution >= 0.6 is 11.6 Å². The number of fused-ring (bicyclic) bond motifs is 1. The molecule has 1 aromatic carbocycles. The van der Waals surface area contributed by atoms with E-state index in [9.17, 15) is 0 Å². The van der Waals surface area contributed by atoms with E-state index in [0.29, 0.717) is 0 Å². The number of halogens is 1. The SMILES string of the molecule is Clc1ccc2nnn(CCC3CCC3)c2c1. The quantitative estimate of drug-likeness (QED) is 0.818. The van der Waals surface area contributed by atoms with Gasteiger partial charge in [0, 0.05) is 11.6 Å². The van der Waals surface area contributed by atoms with E-state index in [1.54, 1.807) is 0 Å². The first-order valence-electron chi connectivity index (χ1n) is 5.82. The Hall–Kier alpha value is -1.09. The van der Waals surface area contributed by atoms with Gasteiger partial charge in [-0.2, -0.15) is 0 Å². The third-order valence-electron chi connectivity index (χ3n) is 3.45. The lowest BCUT2D eigenvalue weighted by atomic mass is 9.83. The van der Waals surface area contributed by atoms with Gasteiger partial charge in [-0.1, -0.05) is 36.1 Å². The smallest absolute Gasteiger partial charge is 0.113 e. The first kappa shape index (κ1) is 10.1. The highest BCUT2D eigenvalue weighted by Gasteiger charge is 2.17. The molecule has 4 heteroatoms. The van der Waals surface area contributed by atoms with Crippen LogP contribution in [0.1, 0.15) is 25.7 Å². The predicted octanol–water partition coefficient (Wildman–Crippen LogP) is 3.27. The van der Waals surface area contributed by atoms with Gasteiger partial charge in [-0.25, -0.2) is 4.68 Å². The highest BCUT2D eigenvalue weighted by molar-refractivity contribution is 6.31. The van der Waals surface area contributed by atoms with Gasteiger partial charge in [0.15, 0.2) is 0 Å². The number of aryl methyl sites for hydroxylation is 1. The predicted molar refractivity (Wildman–Crippen MR) is 64.5 cm³/mol. The molecule has 1 saturated carbocycles. The number of aromatic nitrogens is 3. The summed E-state index contributed by atoms with van der Waals surface area (Å²) in [5, 5.41) is 9.06. The Labute approximate surface area is 99.4 Å². The molecule has 0 aliphatic heterocycles. The van der Waals surface area contributed by atoms with Crippen LogP contribution in [0.25, 0.3) is 11.0 Å². The van der Waals surface area contributed by atoms with Gasteiger partial charge in [0.25, 0.3) is 0 Å². The van der Waals surface area contributed by atoms with Gasteiger partial charge in [-0.3, -0.25) is 0 Å². The summed E-state index contributed by atoms with van der Waals surface area (Å²) in [4.78, 5) is 0. The van der Waals surface area contributed by atoms with Crippen molar-refractivity contribution in [2.24, 2.45) is 5.92 Å². The molecule has 1 heterocycles. The van der Waals surface area contributed by atoms with Crippen molar-refractivity contribution in [1.29, 1.82) is 0 Å². The molecule has 1 aliphatic rings. The topological polar surface area (TPSA) is 30.7 Å². The fourth-order valence-corrected chi connectivity index (χ4v) is 2.36. The first-order valence-corrected chi connectivity index (χ1v) is 6.19. The lowest BCUT2D eigenvalue weighted by Gasteiger charge is -2.24. The van der Waals surface area contributed by atoms with Crippen LogP contribution in [-0.4, -0.2) is 15.0 Å². The molecule has 0 radical (unpaired) electrons. The summed E-state index contributed by atoms with van der Waals surface area (Å²) in [7, 11) is 0. The van der Waals surface area contributed by atoms with Crippen molar-refractivity contribution in [3.8, 4) is 0 Å². The molecule has 0 amide bonds. The molecule has 1 aromatic heterocycles. The molecule has 0 unspecified atom stereocenters. The van der Waals surface area contributed by atoms with Crippen molar-refractivity contribution in [3.05, 3.63) is 23.2 Å². The second-order valence-corrected chi connectivity index (χ2v) is 4.97. The maximum absolute atomic E-state index is 5.98. The van der Waals surface area contributed by atoms with Crippen molar-refractivity contribution >= 4 is 22.6 Å². The molecule has 1 fully saturated rings. The Balaban J connectivity index is 1.82. The van der Waals surface area contributed by atoms with E-state index in [1.807, 2.05) is 22.9 Å². The normalized spacial score (nSPS) is 16.6. The standard InChI is InChI=1S/C12H14ClN3/c13-10-4-5-11-12(8-10)16(15-14-11)7-6-9-2-1-3-9/h4-5,8-9H,1-3,6-7H2. The first-order chi connectivity index (χ1) is 7.83. The Morgan fingerprint density at radius 2 is 2.25 bits per heavy atom. The molecule has 0 bridgehead atoms. The second kappa shape index (κ2) is 4.06. The lowest BCUT2D eigenvalue weighted by molar-refractivity contribution is 0.278. The lowest BCUT2D eigenvalue weighted by Crippen LogP contribution is -2.14. The van der Waals surface area contributed by atoms with E-state index in [-0.39, 0.29) is 0 Å². The summed E-state index contributed by atoms with van der Waals surface area (Å²) in [6.07, 6.45) is 5.38. The molecule has 3 rings (SSSR count). The van der Waals surface area contributed by atoms with E-state index in [0.717, 1.165) is 28.5 Å². The maximum Gasteiger partial charge on any atom is 0.113 e. The molecule has 84 valence electrons. The van der Waals surface area contributed by atoms with Crippen molar-refractivity contribution < 1.29 is 0 Å². The fraction of sp³-hybridized carbons (Fsp3) is 0.500. The highest BCUT2D eigenvalue weighted by Crippen LogP contribution is 2.30. The zero-order valence-electron chi connectivity index (χ0n) is 9.06. The van der Waals surface area contributed by atoms with Crippen LogP contribution in [0.2, 0.25) is 5.02 Å². The maximum atomic E-state index is 5.98. The van der Waals surface area contributed by atoms with Crippen molar-refractivity contribution in [2.45, 2.75) is 32.2 Å². The third kappa shape index (κ3) is 1.80. The van der Waals surface area contributed by atoms with Gasteiger partial charge in [0.1, 0.15) is 5.52 Å². The van der Waals surface area contributed by atoms with Crippen molar-refractivity contribution in [1.82, 2.24) is 15.0 Å². The van der Waals surface area contributed by atoms with Crippen LogP contribution in [0.15, 0.2) is 18.2 Å². The minimum Gasteiger partial charge on any atom is -0.245 e. The Kier molecular flexibility index (Phi) is 2.56. The Morgan fingerprint density at radius 1 is 1.38 bits per heavy atom. The number of benzene rings is 1. The summed E-state index contributed by atoms with van der Waals surface area (Å²) in [5.74, 6) is 0.901. The van der Waals surface area contributed by atoms with E-state index in [1.165, 1.54) is 25.7 Å². The molecule has 0 atom stereocenters. The molecule has 0 spiro atoms. The van der Waals surface area contributed by atoms with Crippen molar-refractivity contribution in [2.75, 3.05) is 0 Å². The number of nitrogens with zero attached hydrogens (tertiary/aromatic N) is 3. The van der Waals surface area contributed by atoms with Gasteiger partial charge in [0.2, 0.25) is 0 Å². The summed E-state index contributed by atoms with van der Waals surface area (Å²) in [6, 6.07) is 5.72. The summed E-state index contributed by atoms with van der Waals surface area (Å²) < 4.78 is 1.97. The molecular weight excluding hydrogens is 222 g/mol. The van der Waals surface area contributed by atoms with E-state index < -0.39 is 0 Å². The van der Waals surface area contributed by atoms with Crippen molar-refractivity contribution in [3.63, 3.8) is 0 Å². The third-order valence-corrected chi connectivity index (χ3v) is 3.68. The second-order valence-electron chi connectivity index (χ2n) is 4.53. The van der Waals surface area contributed by atoms with E-state index in [2.05, 4.69) is 10.3 Å². The molecule has 16 heavy (non-hydrogen) atoms. The molecule has 3 nitrogen and oxygen atoms in total. The number of hydrogen-bond acceptors (Lipinski definition) is 2. The molecule has 0 saturated heterocycles. The summed E-state index contributed by atoms with van der Waals surface area (Å²) in [6.45, 7) is 0.960. The van der Waals surface area contributed by atoms with Crippen LogP contribution in [-0.2, 0) is 6.54 Å². The molecule has 1 aliphatic carbocycles. The Bertz CT molecular complexity index is 502. The zero-order valence-corrected chi connectivity index (χ0v) is 9.82. The van der Waals surface area contributed by atoms with E-state index in [4.69, 9.17) is 11.6 Å².